The fraction of sp³-hybridized carbons (Fsp3) is 1.00. The van der Waals surface area contributed by atoms with E-state index in [4.69, 9.17) is 5.73 Å². The van der Waals surface area contributed by atoms with Crippen molar-refractivity contribution in [2.45, 2.75) is 142 Å². The zero-order chi connectivity index (χ0) is 21.1. The Labute approximate surface area is 180 Å². The lowest BCUT2D eigenvalue weighted by atomic mass is 10.1. The van der Waals surface area contributed by atoms with Crippen LogP contribution in [0.1, 0.15) is 142 Å². The highest BCUT2D eigenvalue weighted by Gasteiger charge is 1.93. The second-order valence-electron chi connectivity index (χ2n) is 8.96. The molecule has 0 spiro atoms. The average molecular weight is 399 g/mol. The fourth-order valence-corrected chi connectivity index (χ4v) is 3.55. The van der Waals surface area contributed by atoms with E-state index in [1.165, 1.54) is 135 Å². The minimum atomic E-state index is 0.872. The molecule has 0 aliphatic carbocycles. The Bertz CT molecular complexity index is 231. The number of rotatable bonds is 21. The first kappa shape index (κ1) is 30.1. The molecule has 0 amide bonds. The van der Waals surface area contributed by atoms with Gasteiger partial charge >= 0.3 is 0 Å². The standard InChI is InChI=1S/C14H31N.C12H27N/c1-4-5-6-7-8-9-10-11-12-13-14-15(2)3;1-2-3-4-5-6-7-8-9-10-11-12-13/h4-14H2,1-3H3;2-13H2,1H3. The molecule has 0 rings (SSSR count). The Morgan fingerprint density at radius 1 is 0.429 bits per heavy atom. The summed E-state index contributed by atoms with van der Waals surface area (Å²) in [6.45, 7) is 6.69. The van der Waals surface area contributed by atoms with E-state index in [1.54, 1.807) is 0 Å². The molecule has 0 aliphatic heterocycles. The number of nitrogens with zero attached hydrogens (tertiary/aromatic N) is 1. The summed E-state index contributed by atoms with van der Waals surface area (Å²) in [5.74, 6) is 0. The molecule has 2 nitrogen and oxygen atoms in total. The third-order valence-corrected chi connectivity index (χ3v) is 5.52. The van der Waals surface area contributed by atoms with Gasteiger partial charge in [-0.05, 0) is 40.0 Å². The maximum absolute atomic E-state index is 5.42. The molecule has 2 N–H and O–H groups in total. The van der Waals surface area contributed by atoms with Gasteiger partial charge in [-0.15, -0.1) is 0 Å². The molecule has 172 valence electrons. The lowest BCUT2D eigenvalue weighted by molar-refractivity contribution is 0.389. The molecule has 28 heavy (non-hydrogen) atoms. The van der Waals surface area contributed by atoms with E-state index in [0.29, 0.717) is 0 Å². The van der Waals surface area contributed by atoms with Gasteiger partial charge in [0.05, 0.1) is 0 Å². The minimum absolute atomic E-state index is 0.872. The van der Waals surface area contributed by atoms with Gasteiger partial charge in [0, 0.05) is 0 Å². The number of hydrogen-bond acceptors (Lipinski definition) is 2. The van der Waals surface area contributed by atoms with E-state index in [1.807, 2.05) is 0 Å². The van der Waals surface area contributed by atoms with E-state index < -0.39 is 0 Å². The van der Waals surface area contributed by atoms with Crippen molar-refractivity contribution in [3.05, 3.63) is 0 Å². The van der Waals surface area contributed by atoms with Crippen LogP contribution in [0.3, 0.4) is 0 Å². The zero-order valence-electron chi connectivity index (χ0n) is 20.6. The monoisotopic (exact) mass is 398 g/mol. The first-order valence-corrected chi connectivity index (χ1v) is 13.0. The molecular weight excluding hydrogens is 340 g/mol. The van der Waals surface area contributed by atoms with Gasteiger partial charge in [-0.1, -0.05) is 129 Å². The molecule has 0 aromatic rings. The topological polar surface area (TPSA) is 29.3 Å². The first-order chi connectivity index (χ1) is 13.7. The number of unbranched alkanes of at least 4 members (excludes halogenated alkanes) is 18. The van der Waals surface area contributed by atoms with Gasteiger partial charge < -0.3 is 10.6 Å². The van der Waals surface area contributed by atoms with Crippen molar-refractivity contribution < 1.29 is 0 Å². The van der Waals surface area contributed by atoms with Crippen LogP contribution in [0.25, 0.3) is 0 Å². The Hall–Kier alpha value is -0.0800. The predicted octanol–water partition coefficient (Wildman–Crippen LogP) is 8.33. The van der Waals surface area contributed by atoms with Crippen LogP contribution in [0.15, 0.2) is 0 Å². The summed E-state index contributed by atoms with van der Waals surface area (Å²) < 4.78 is 0. The summed E-state index contributed by atoms with van der Waals surface area (Å²) in [7, 11) is 4.32. The van der Waals surface area contributed by atoms with Crippen molar-refractivity contribution in [2.24, 2.45) is 5.73 Å². The highest BCUT2D eigenvalue weighted by molar-refractivity contribution is 4.49. The van der Waals surface area contributed by atoms with Crippen molar-refractivity contribution in [1.82, 2.24) is 4.90 Å². The lowest BCUT2D eigenvalue weighted by Gasteiger charge is -2.08. The number of nitrogens with two attached hydrogens (primary N) is 1. The minimum Gasteiger partial charge on any atom is -0.330 e. The first-order valence-electron chi connectivity index (χ1n) is 13.0. The zero-order valence-corrected chi connectivity index (χ0v) is 20.6. The molecule has 0 saturated heterocycles. The van der Waals surface area contributed by atoms with E-state index >= 15 is 0 Å². The Balaban J connectivity index is 0. The van der Waals surface area contributed by atoms with Gasteiger partial charge in [0.2, 0.25) is 0 Å². The van der Waals surface area contributed by atoms with Crippen LogP contribution < -0.4 is 5.73 Å². The molecule has 0 heterocycles. The van der Waals surface area contributed by atoms with Gasteiger partial charge in [0.1, 0.15) is 0 Å². The number of hydrogen-bond donors (Lipinski definition) is 1. The highest BCUT2D eigenvalue weighted by atomic mass is 15.0. The van der Waals surface area contributed by atoms with Crippen molar-refractivity contribution in [3.8, 4) is 0 Å². The SMILES string of the molecule is CCCCCCCCCCCCN.CCCCCCCCCCCCN(C)C. The molecule has 0 atom stereocenters. The summed E-state index contributed by atoms with van der Waals surface area (Å²) in [5, 5.41) is 0. The molecule has 0 aromatic carbocycles. The molecule has 0 saturated carbocycles. The van der Waals surface area contributed by atoms with E-state index in [-0.39, 0.29) is 0 Å². The van der Waals surface area contributed by atoms with Gasteiger partial charge in [0.25, 0.3) is 0 Å². The predicted molar refractivity (Wildman–Crippen MR) is 131 cm³/mol. The van der Waals surface area contributed by atoms with Crippen LogP contribution in [0, 0.1) is 0 Å². The second-order valence-corrected chi connectivity index (χ2v) is 8.96. The summed E-state index contributed by atoms with van der Waals surface area (Å²) in [6.07, 6.45) is 28.3. The van der Waals surface area contributed by atoms with E-state index in [2.05, 4.69) is 32.8 Å². The van der Waals surface area contributed by atoms with Gasteiger partial charge in [0.15, 0.2) is 0 Å². The molecule has 0 bridgehead atoms. The van der Waals surface area contributed by atoms with Crippen molar-refractivity contribution in [1.29, 1.82) is 0 Å². The van der Waals surface area contributed by atoms with Crippen molar-refractivity contribution in [2.75, 3.05) is 27.2 Å². The summed E-state index contributed by atoms with van der Waals surface area (Å²) >= 11 is 0. The Morgan fingerprint density at radius 2 is 0.714 bits per heavy atom. The molecule has 2 heteroatoms. The lowest BCUT2D eigenvalue weighted by Crippen LogP contribution is -2.12. The van der Waals surface area contributed by atoms with Crippen molar-refractivity contribution >= 4 is 0 Å². The normalized spacial score (nSPS) is 10.9. The Morgan fingerprint density at radius 3 is 1.00 bits per heavy atom. The Kier molecular flexibility index (Phi) is 31.3. The van der Waals surface area contributed by atoms with Gasteiger partial charge in [-0.3, -0.25) is 0 Å². The van der Waals surface area contributed by atoms with Crippen molar-refractivity contribution in [3.63, 3.8) is 0 Å². The second kappa shape index (κ2) is 29.1. The smallest absolute Gasteiger partial charge is 0.00248 e. The quantitative estimate of drug-likeness (QED) is 0.197. The van der Waals surface area contributed by atoms with Crippen LogP contribution in [0.4, 0.5) is 0 Å². The largest absolute Gasteiger partial charge is 0.330 e. The summed E-state index contributed by atoms with van der Waals surface area (Å²) in [5.41, 5.74) is 5.42. The molecule has 0 radical (unpaired) electrons. The van der Waals surface area contributed by atoms with Crippen LogP contribution >= 0.6 is 0 Å². The maximum atomic E-state index is 5.42. The summed E-state index contributed by atoms with van der Waals surface area (Å²) in [4.78, 5) is 2.28. The van der Waals surface area contributed by atoms with Crippen LogP contribution in [-0.2, 0) is 0 Å². The van der Waals surface area contributed by atoms with Gasteiger partial charge in [-0.25, -0.2) is 0 Å². The summed E-state index contributed by atoms with van der Waals surface area (Å²) in [6, 6.07) is 0. The third-order valence-electron chi connectivity index (χ3n) is 5.52. The molecule has 0 aromatic heterocycles. The third kappa shape index (κ3) is 33.5. The van der Waals surface area contributed by atoms with Gasteiger partial charge in [-0.2, -0.15) is 0 Å². The highest BCUT2D eigenvalue weighted by Crippen LogP contribution is 2.11. The van der Waals surface area contributed by atoms with Crippen LogP contribution in [0.2, 0.25) is 0 Å². The fourth-order valence-electron chi connectivity index (χ4n) is 3.55. The van der Waals surface area contributed by atoms with E-state index in [9.17, 15) is 0 Å². The molecule has 0 unspecified atom stereocenters. The molecule has 0 fully saturated rings. The van der Waals surface area contributed by atoms with Crippen LogP contribution in [-0.4, -0.2) is 32.1 Å². The van der Waals surface area contributed by atoms with E-state index in [0.717, 1.165) is 6.54 Å². The maximum Gasteiger partial charge on any atom is -0.00248 e. The molecular formula is C26H58N2. The van der Waals surface area contributed by atoms with Crippen LogP contribution in [0.5, 0.6) is 0 Å². The molecule has 0 aliphatic rings. The average Bonchev–Trinajstić information content (AvgIpc) is 2.68.